The Morgan fingerprint density at radius 3 is 2.68 bits per heavy atom. The number of fused-ring (bicyclic) bond motifs is 8. The highest BCUT2D eigenvalue weighted by atomic mass is 16.7. The van der Waals surface area contributed by atoms with Gasteiger partial charge >= 0.3 is 0 Å². The molecular formula is C42H53N2O3+. The van der Waals surface area contributed by atoms with Crippen molar-refractivity contribution in [3.63, 3.8) is 0 Å². The van der Waals surface area contributed by atoms with Gasteiger partial charge in [-0.15, -0.1) is 0 Å². The summed E-state index contributed by atoms with van der Waals surface area (Å²) in [5, 5.41) is 2.29. The SMILES string of the molecule is C[C@@H]1CC[C@@]2(OC1)O[C@H]1C[C@H]3[C@@H]4CC=C5C[C@H](n6cc[n+](CC(=O)c7ccc8ccccc8c7)c6)CC[C@]5(C)[C@H]4CC[C@]3(C)[C@H]1[C@@H]2C. The van der Waals surface area contributed by atoms with Gasteiger partial charge in [-0.3, -0.25) is 4.79 Å². The minimum Gasteiger partial charge on any atom is -0.349 e. The van der Waals surface area contributed by atoms with Crippen molar-refractivity contribution in [3.8, 4) is 0 Å². The van der Waals surface area contributed by atoms with Crippen LogP contribution < -0.4 is 4.57 Å². The van der Waals surface area contributed by atoms with Crippen LogP contribution in [0.3, 0.4) is 0 Å². The Balaban J connectivity index is 0.888. The van der Waals surface area contributed by atoms with E-state index in [1.807, 2.05) is 24.3 Å². The number of aromatic nitrogens is 2. The maximum Gasteiger partial charge on any atom is 0.244 e. The van der Waals surface area contributed by atoms with Gasteiger partial charge < -0.3 is 9.47 Å². The van der Waals surface area contributed by atoms with E-state index in [2.05, 4.69) is 79.8 Å². The van der Waals surface area contributed by atoms with Crippen molar-refractivity contribution in [3.05, 3.63) is 78.4 Å². The zero-order valence-electron chi connectivity index (χ0n) is 28.9. The van der Waals surface area contributed by atoms with Crippen LogP contribution in [0.2, 0.25) is 0 Å². The fourth-order valence-electron chi connectivity index (χ4n) is 12.3. The van der Waals surface area contributed by atoms with Crippen molar-refractivity contribution >= 4 is 16.6 Å². The first-order chi connectivity index (χ1) is 22.7. The number of allylic oxidation sites excluding steroid dienone is 2. The largest absolute Gasteiger partial charge is 0.349 e. The van der Waals surface area contributed by atoms with E-state index in [1.165, 1.54) is 50.3 Å². The predicted octanol–water partition coefficient (Wildman–Crippen LogP) is 8.72. The fraction of sp³-hybridized carbons (Fsp3) is 0.619. The number of carbonyl (C=O) groups excluding carboxylic acids is 1. The molecule has 1 spiro atoms. The smallest absolute Gasteiger partial charge is 0.244 e. The highest BCUT2D eigenvalue weighted by Crippen LogP contribution is 2.71. The van der Waals surface area contributed by atoms with Crippen molar-refractivity contribution in [2.24, 2.45) is 46.3 Å². The molecule has 2 aromatic carbocycles. The summed E-state index contributed by atoms with van der Waals surface area (Å²) in [5.74, 6) is 3.92. The number of Topliss-reactive ketones (excluding diaryl/α,β-unsaturated/α-hetero) is 1. The van der Waals surface area contributed by atoms with Crippen LogP contribution in [0.5, 0.6) is 0 Å². The first-order valence-corrected chi connectivity index (χ1v) is 18.8. The van der Waals surface area contributed by atoms with Gasteiger partial charge in [0.05, 0.1) is 12.7 Å². The minimum absolute atomic E-state index is 0.159. The topological polar surface area (TPSA) is 44.3 Å². The Morgan fingerprint density at radius 2 is 1.85 bits per heavy atom. The van der Waals surface area contributed by atoms with Crippen molar-refractivity contribution in [1.29, 1.82) is 0 Å². The van der Waals surface area contributed by atoms with Crippen LogP contribution in [-0.4, -0.2) is 28.8 Å². The molecule has 2 aliphatic heterocycles. The zero-order valence-corrected chi connectivity index (χ0v) is 28.9. The van der Waals surface area contributed by atoms with E-state index in [9.17, 15) is 4.79 Å². The summed E-state index contributed by atoms with van der Waals surface area (Å²) in [6.45, 7) is 11.3. The average molecular weight is 634 g/mol. The Labute approximate surface area is 280 Å². The molecule has 1 aromatic heterocycles. The Morgan fingerprint density at radius 1 is 1.00 bits per heavy atom. The molecule has 3 aromatic rings. The third kappa shape index (κ3) is 4.61. The third-order valence-corrected chi connectivity index (χ3v) is 14.9. The Hall–Kier alpha value is -2.76. The third-order valence-electron chi connectivity index (χ3n) is 14.9. The summed E-state index contributed by atoms with van der Waals surface area (Å²) in [5.41, 5.74) is 3.16. The normalized spacial score (nSPS) is 42.4. The van der Waals surface area contributed by atoms with Crippen molar-refractivity contribution in [2.45, 2.75) is 110 Å². The number of hydrogen-bond donors (Lipinski definition) is 0. The summed E-state index contributed by atoms with van der Waals surface area (Å²) < 4.78 is 18.0. The van der Waals surface area contributed by atoms with Gasteiger partial charge in [0.2, 0.25) is 12.1 Å². The van der Waals surface area contributed by atoms with Crippen LogP contribution in [-0.2, 0) is 16.0 Å². The maximum atomic E-state index is 13.2. The van der Waals surface area contributed by atoms with E-state index in [0.29, 0.717) is 47.3 Å². The first kappa shape index (κ1) is 30.3. The monoisotopic (exact) mass is 633 g/mol. The number of rotatable bonds is 4. The van der Waals surface area contributed by atoms with Crippen molar-refractivity contribution in [1.82, 2.24) is 4.57 Å². The summed E-state index contributed by atoms with van der Waals surface area (Å²) in [7, 11) is 0. The van der Waals surface area contributed by atoms with E-state index in [0.717, 1.165) is 48.2 Å². The lowest BCUT2D eigenvalue weighted by atomic mass is 9.46. The Bertz CT molecular complexity index is 1730. The minimum atomic E-state index is -0.322. The number of nitrogens with zero attached hydrogens (tertiary/aromatic N) is 2. The second-order valence-corrected chi connectivity index (χ2v) is 17.2. The molecule has 0 amide bonds. The molecule has 0 N–H and O–H groups in total. The zero-order chi connectivity index (χ0) is 32.1. The van der Waals surface area contributed by atoms with Gasteiger partial charge in [0, 0.05) is 24.3 Å². The van der Waals surface area contributed by atoms with Crippen LogP contribution in [0, 0.1) is 46.3 Å². The quantitative estimate of drug-likeness (QED) is 0.164. The van der Waals surface area contributed by atoms with Gasteiger partial charge in [-0.25, -0.2) is 9.13 Å². The molecule has 5 heteroatoms. The molecule has 0 bridgehead atoms. The van der Waals surface area contributed by atoms with E-state index in [1.54, 1.807) is 5.57 Å². The van der Waals surface area contributed by atoms with Crippen molar-refractivity contribution < 1.29 is 18.8 Å². The van der Waals surface area contributed by atoms with E-state index in [4.69, 9.17) is 9.47 Å². The summed E-state index contributed by atoms with van der Waals surface area (Å²) >= 11 is 0. The number of ketones is 1. The van der Waals surface area contributed by atoms with Gasteiger partial charge in [-0.2, -0.15) is 0 Å². The van der Waals surface area contributed by atoms with Crippen LogP contribution in [0.25, 0.3) is 10.8 Å². The maximum absolute atomic E-state index is 13.2. The fourth-order valence-corrected chi connectivity index (χ4v) is 12.3. The number of benzene rings is 2. The summed E-state index contributed by atoms with van der Waals surface area (Å²) in [4.78, 5) is 13.2. The molecule has 248 valence electrons. The van der Waals surface area contributed by atoms with Gasteiger partial charge in [0.15, 0.2) is 12.3 Å². The second kappa shape index (κ2) is 10.9. The van der Waals surface area contributed by atoms with Crippen molar-refractivity contribution in [2.75, 3.05) is 6.61 Å². The molecule has 9 rings (SSSR count). The molecule has 4 aliphatic carbocycles. The van der Waals surface area contributed by atoms with Gasteiger partial charge in [0.1, 0.15) is 18.4 Å². The molecule has 2 saturated heterocycles. The van der Waals surface area contributed by atoms with Gasteiger partial charge in [-0.05, 0) is 102 Å². The lowest BCUT2D eigenvalue weighted by molar-refractivity contribution is -0.682. The highest BCUT2D eigenvalue weighted by Gasteiger charge is 2.68. The second-order valence-electron chi connectivity index (χ2n) is 17.2. The van der Waals surface area contributed by atoms with E-state index in [-0.39, 0.29) is 11.6 Å². The summed E-state index contributed by atoms with van der Waals surface area (Å²) in [6, 6.07) is 14.8. The van der Waals surface area contributed by atoms with Crippen LogP contribution in [0.15, 0.2) is 72.8 Å². The lowest BCUT2D eigenvalue weighted by Crippen LogP contribution is -2.52. The lowest BCUT2D eigenvalue weighted by Gasteiger charge is -2.58. The molecule has 3 heterocycles. The van der Waals surface area contributed by atoms with Crippen LogP contribution in [0.1, 0.15) is 102 Å². The highest BCUT2D eigenvalue weighted by molar-refractivity contribution is 5.99. The molecule has 0 unspecified atom stereocenters. The van der Waals surface area contributed by atoms with E-state index >= 15 is 0 Å². The number of hydrogen-bond acceptors (Lipinski definition) is 3. The van der Waals surface area contributed by atoms with Crippen LogP contribution in [0.4, 0.5) is 0 Å². The molecule has 47 heavy (non-hydrogen) atoms. The molecule has 0 radical (unpaired) electrons. The van der Waals surface area contributed by atoms with Gasteiger partial charge in [-0.1, -0.05) is 75.7 Å². The molecule has 5 nitrogen and oxygen atoms in total. The summed E-state index contributed by atoms with van der Waals surface area (Å²) in [6.07, 6.45) is 20.6. The number of carbonyl (C=O) groups is 1. The first-order valence-electron chi connectivity index (χ1n) is 18.8. The molecule has 5 fully saturated rings. The molecule has 11 atom stereocenters. The number of imidazole rings is 1. The average Bonchev–Trinajstić information content (AvgIpc) is 3.74. The standard InChI is InChI=1S/C42H53N2O3/c1-27-13-18-42(46-25-27)28(2)39-38(47-42)23-36-34-12-11-32-22-33(14-16-40(32,3)35(34)15-17-41(36,39)4)44-20-19-43(26-44)24-37(45)31-10-9-29-7-5-6-8-30(29)21-31/h5-11,19-21,26-28,33-36,38-39H,12-18,22-25H2,1-4H3/q+1/t27-,28+,33-,34-,35+,36+,38+,39+,40+,41+,42-/m1/s1. The number of ether oxygens (including phenoxy) is 2. The molecule has 6 aliphatic rings. The molecular weight excluding hydrogens is 580 g/mol. The van der Waals surface area contributed by atoms with Crippen LogP contribution >= 0.6 is 0 Å². The van der Waals surface area contributed by atoms with E-state index < -0.39 is 0 Å². The molecule has 3 saturated carbocycles. The predicted molar refractivity (Wildman–Crippen MR) is 184 cm³/mol. The van der Waals surface area contributed by atoms with Gasteiger partial charge in [0.25, 0.3) is 0 Å². The Kier molecular flexibility index (Phi) is 7.01.